The molecule has 2 heterocycles. The first kappa shape index (κ1) is 15.5. The minimum Gasteiger partial charge on any atom is -0.337 e. The summed E-state index contributed by atoms with van der Waals surface area (Å²) in [4.78, 5) is 28.7. The van der Waals surface area contributed by atoms with Gasteiger partial charge < -0.3 is 9.88 Å². The molecule has 0 fully saturated rings. The lowest BCUT2D eigenvalue weighted by Crippen LogP contribution is -2.18. The highest BCUT2D eigenvalue weighted by Gasteiger charge is 2.14. The average molecular weight is 349 g/mol. The van der Waals surface area contributed by atoms with E-state index in [2.05, 4.69) is 10.3 Å². The highest BCUT2D eigenvalue weighted by molar-refractivity contribution is 7.22. The number of thiazole rings is 1. The zero-order chi connectivity index (χ0) is 17.4. The van der Waals surface area contributed by atoms with Crippen molar-refractivity contribution >= 4 is 49.3 Å². The average Bonchev–Trinajstić information content (AvgIpc) is 3.16. The number of hydrogen-bond acceptors (Lipinski definition) is 4. The van der Waals surface area contributed by atoms with Crippen molar-refractivity contribution in [2.75, 3.05) is 5.32 Å². The van der Waals surface area contributed by atoms with Gasteiger partial charge in [-0.25, -0.2) is 4.98 Å². The number of rotatable bonds is 4. The molecule has 5 nitrogen and oxygen atoms in total. The lowest BCUT2D eigenvalue weighted by molar-refractivity contribution is -0.116. The Kier molecular flexibility index (Phi) is 3.82. The molecule has 0 saturated carbocycles. The van der Waals surface area contributed by atoms with E-state index in [4.69, 9.17) is 0 Å². The molecule has 25 heavy (non-hydrogen) atoms. The molecule has 4 rings (SSSR count). The largest absolute Gasteiger partial charge is 0.337 e. The van der Waals surface area contributed by atoms with Crippen LogP contribution in [0.15, 0.2) is 54.7 Å². The predicted octanol–water partition coefficient (Wildman–Crippen LogP) is 4.09. The Bertz CT molecular complexity index is 1080. The van der Waals surface area contributed by atoms with Gasteiger partial charge in [-0.1, -0.05) is 41.7 Å². The predicted molar refractivity (Wildman–Crippen MR) is 100 cm³/mol. The van der Waals surface area contributed by atoms with Crippen LogP contribution in [0.4, 0.5) is 5.13 Å². The molecule has 0 bridgehead atoms. The number of carbonyl (C=O) groups excluding carboxylic acids is 2. The highest BCUT2D eigenvalue weighted by atomic mass is 32.1. The molecule has 2 aromatic heterocycles. The standard InChI is InChI=1S/C19H15N3O2S/c1-12(23)14-10-22(16-8-4-2-6-13(14)16)11-18(24)21-19-20-15-7-3-5-9-17(15)25-19/h2-10H,11H2,1H3,(H,20,21,24). The van der Waals surface area contributed by atoms with Gasteiger partial charge in [0.2, 0.25) is 5.91 Å². The van der Waals surface area contributed by atoms with E-state index >= 15 is 0 Å². The minimum atomic E-state index is -0.171. The molecule has 1 N–H and O–H groups in total. The number of benzene rings is 2. The van der Waals surface area contributed by atoms with Gasteiger partial charge in [-0.05, 0) is 25.1 Å². The quantitative estimate of drug-likeness (QED) is 0.564. The van der Waals surface area contributed by atoms with E-state index in [1.807, 2.05) is 48.5 Å². The van der Waals surface area contributed by atoms with Crippen LogP contribution in [0.1, 0.15) is 17.3 Å². The lowest BCUT2D eigenvalue weighted by Gasteiger charge is -2.04. The Morgan fingerprint density at radius 1 is 1.12 bits per heavy atom. The van der Waals surface area contributed by atoms with Gasteiger partial charge in [-0.2, -0.15) is 0 Å². The molecule has 4 aromatic rings. The molecule has 1 amide bonds. The normalized spacial score (nSPS) is 11.1. The molecule has 124 valence electrons. The van der Waals surface area contributed by atoms with Gasteiger partial charge >= 0.3 is 0 Å². The van der Waals surface area contributed by atoms with Crippen molar-refractivity contribution in [3.63, 3.8) is 0 Å². The van der Waals surface area contributed by atoms with Crippen LogP contribution < -0.4 is 5.32 Å². The molecule has 0 atom stereocenters. The summed E-state index contributed by atoms with van der Waals surface area (Å²) in [6, 6.07) is 15.3. The van der Waals surface area contributed by atoms with E-state index in [0.29, 0.717) is 10.7 Å². The molecule has 0 saturated heterocycles. The Morgan fingerprint density at radius 2 is 1.88 bits per heavy atom. The summed E-state index contributed by atoms with van der Waals surface area (Å²) < 4.78 is 2.83. The molecule has 0 aliphatic carbocycles. The van der Waals surface area contributed by atoms with E-state index < -0.39 is 0 Å². The third kappa shape index (κ3) is 2.92. The van der Waals surface area contributed by atoms with Gasteiger partial charge in [-0.15, -0.1) is 0 Å². The molecule has 0 spiro atoms. The molecular weight excluding hydrogens is 334 g/mol. The van der Waals surface area contributed by atoms with Crippen LogP contribution in [0.5, 0.6) is 0 Å². The summed E-state index contributed by atoms with van der Waals surface area (Å²) in [7, 11) is 0. The Balaban J connectivity index is 1.60. The number of nitrogens with zero attached hydrogens (tertiary/aromatic N) is 2. The molecule has 2 aromatic carbocycles. The second-order valence-corrected chi connectivity index (χ2v) is 6.81. The fraction of sp³-hybridized carbons (Fsp3) is 0.105. The summed E-state index contributed by atoms with van der Waals surface area (Å²) in [5.41, 5.74) is 2.36. The molecule has 0 unspecified atom stereocenters. The zero-order valence-corrected chi connectivity index (χ0v) is 14.3. The van der Waals surface area contributed by atoms with E-state index in [1.165, 1.54) is 18.3 Å². The summed E-state index contributed by atoms with van der Waals surface area (Å²) >= 11 is 1.44. The molecule has 0 aliphatic heterocycles. The van der Waals surface area contributed by atoms with Crippen molar-refractivity contribution in [3.8, 4) is 0 Å². The number of nitrogens with one attached hydrogen (secondary N) is 1. The van der Waals surface area contributed by atoms with Crippen LogP contribution in [-0.2, 0) is 11.3 Å². The summed E-state index contributed by atoms with van der Waals surface area (Å²) in [6.07, 6.45) is 1.74. The first-order chi connectivity index (χ1) is 12.1. The maximum Gasteiger partial charge on any atom is 0.246 e. The lowest BCUT2D eigenvalue weighted by atomic mass is 10.1. The second-order valence-electron chi connectivity index (χ2n) is 5.78. The SMILES string of the molecule is CC(=O)c1cn(CC(=O)Nc2nc3ccccc3s2)c2ccccc12. The van der Waals surface area contributed by atoms with E-state index in [0.717, 1.165) is 21.1 Å². The third-order valence-electron chi connectivity index (χ3n) is 4.02. The summed E-state index contributed by atoms with van der Waals surface area (Å²) in [5, 5.41) is 4.29. The molecular formula is C19H15N3O2S. The molecule has 6 heteroatoms. The van der Waals surface area contributed by atoms with Gasteiger partial charge in [0.05, 0.1) is 10.2 Å². The van der Waals surface area contributed by atoms with E-state index in [1.54, 1.807) is 10.8 Å². The van der Waals surface area contributed by atoms with Crippen molar-refractivity contribution in [3.05, 3.63) is 60.3 Å². The van der Waals surface area contributed by atoms with Crippen LogP contribution in [0.2, 0.25) is 0 Å². The molecule has 0 radical (unpaired) electrons. The number of aromatic nitrogens is 2. The Morgan fingerprint density at radius 3 is 2.68 bits per heavy atom. The number of Topliss-reactive ketones (excluding diaryl/α,β-unsaturated/α-hetero) is 1. The maximum absolute atomic E-state index is 12.4. The fourth-order valence-electron chi connectivity index (χ4n) is 2.90. The minimum absolute atomic E-state index is 0.0125. The van der Waals surface area contributed by atoms with E-state index in [9.17, 15) is 9.59 Å². The van der Waals surface area contributed by atoms with Crippen molar-refractivity contribution in [1.82, 2.24) is 9.55 Å². The number of fused-ring (bicyclic) bond motifs is 2. The topological polar surface area (TPSA) is 64.0 Å². The summed E-state index contributed by atoms with van der Waals surface area (Å²) in [5.74, 6) is -0.184. The number of amides is 1. The van der Waals surface area contributed by atoms with Crippen molar-refractivity contribution in [2.45, 2.75) is 13.5 Å². The number of hydrogen-bond donors (Lipinski definition) is 1. The van der Waals surface area contributed by atoms with Crippen molar-refractivity contribution in [2.24, 2.45) is 0 Å². The van der Waals surface area contributed by atoms with Crippen LogP contribution in [0, 0.1) is 0 Å². The van der Waals surface area contributed by atoms with Crippen molar-refractivity contribution in [1.29, 1.82) is 0 Å². The molecule has 0 aliphatic rings. The van der Waals surface area contributed by atoms with Crippen LogP contribution >= 0.6 is 11.3 Å². The summed E-state index contributed by atoms with van der Waals surface area (Å²) in [6.45, 7) is 1.66. The van der Waals surface area contributed by atoms with Gasteiger partial charge in [0.15, 0.2) is 10.9 Å². The number of carbonyl (C=O) groups is 2. The number of ketones is 1. The Hall–Kier alpha value is -2.99. The van der Waals surface area contributed by atoms with Gasteiger partial charge in [0.1, 0.15) is 6.54 Å². The fourth-order valence-corrected chi connectivity index (χ4v) is 3.78. The van der Waals surface area contributed by atoms with Gasteiger partial charge in [0, 0.05) is 22.7 Å². The van der Waals surface area contributed by atoms with Gasteiger partial charge in [-0.3, -0.25) is 9.59 Å². The Labute approximate surface area is 147 Å². The van der Waals surface area contributed by atoms with Gasteiger partial charge in [0.25, 0.3) is 0 Å². The number of para-hydroxylation sites is 2. The van der Waals surface area contributed by atoms with E-state index in [-0.39, 0.29) is 18.2 Å². The first-order valence-corrected chi connectivity index (χ1v) is 8.68. The third-order valence-corrected chi connectivity index (χ3v) is 4.97. The van der Waals surface area contributed by atoms with Crippen LogP contribution in [0.25, 0.3) is 21.1 Å². The van der Waals surface area contributed by atoms with Crippen LogP contribution in [0.3, 0.4) is 0 Å². The van der Waals surface area contributed by atoms with Crippen LogP contribution in [-0.4, -0.2) is 21.2 Å². The second kappa shape index (κ2) is 6.14. The number of anilines is 1. The first-order valence-electron chi connectivity index (χ1n) is 7.86. The highest BCUT2D eigenvalue weighted by Crippen LogP contribution is 2.26. The maximum atomic E-state index is 12.4. The smallest absolute Gasteiger partial charge is 0.246 e. The zero-order valence-electron chi connectivity index (χ0n) is 13.5. The monoisotopic (exact) mass is 349 g/mol. The van der Waals surface area contributed by atoms with Crippen molar-refractivity contribution < 1.29 is 9.59 Å².